The molecular formula is C18H21N5O2S. The number of anilines is 1. The van der Waals surface area contributed by atoms with Crippen LogP contribution >= 0.6 is 11.3 Å². The van der Waals surface area contributed by atoms with E-state index >= 15 is 0 Å². The van der Waals surface area contributed by atoms with Crippen LogP contribution in [0.3, 0.4) is 0 Å². The largest absolute Gasteiger partial charge is 0.378 e. The fourth-order valence-corrected chi connectivity index (χ4v) is 3.81. The van der Waals surface area contributed by atoms with Crippen molar-refractivity contribution in [1.29, 1.82) is 0 Å². The maximum atomic E-state index is 12.6. The van der Waals surface area contributed by atoms with E-state index in [1.165, 1.54) is 11.3 Å². The van der Waals surface area contributed by atoms with Crippen molar-refractivity contribution in [2.24, 2.45) is 7.05 Å². The Morgan fingerprint density at radius 1 is 1.35 bits per heavy atom. The molecule has 1 aromatic carbocycles. The standard InChI is InChI=1S/C18H21N5O2S/c1-12(17-19-5-10-26-17)20-16(24)13-3-4-15-14(11-13)21-18(22(15)2)23-6-8-25-9-7-23/h3-5,10-12H,6-9H2,1-2H3,(H,20,24)/t12-/m1/s1. The summed E-state index contributed by atoms with van der Waals surface area (Å²) in [5, 5.41) is 5.80. The first-order valence-corrected chi connectivity index (χ1v) is 9.51. The Labute approximate surface area is 155 Å². The first-order valence-electron chi connectivity index (χ1n) is 8.63. The third-order valence-corrected chi connectivity index (χ3v) is 5.54. The Morgan fingerprint density at radius 3 is 2.88 bits per heavy atom. The van der Waals surface area contributed by atoms with Gasteiger partial charge in [-0.1, -0.05) is 0 Å². The van der Waals surface area contributed by atoms with Crippen molar-refractivity contribution in [2.45, 2.75) is 13.0 Å². The smallest absolute Gasteiger partial charge is 0.251 e. The molecule has 7 nitrogen and oxygen atoms in total. The number of aromatic nitrogens is 3. The Hall–Kier alpha value is -2.45. The molecule has 3 heterocycles. The van der Waals surface area contributed by atoms with Crippen molar-refractivity contribution in [1.82, 2.24) is 19.9 Å². The minimum atomic E-state index is -0.120. The van der Waals surface area contributed by atoms with Crippen LogP contribution in [-0.2, 0) is 11.8 Å². The van der Waals surface area contributed by atoms with Gasteiger partial charge in [0.05, 0.1) is 30.3 Å². The van der Waals surface area contributed by atoms with Gasteiger partial charge in [-0.05, 0) is 25.1 Å². The lowest BCUT2D eigenvalue weighted by molar-refractivity contribution is 0.0940. The number of ether oxygens (including phenoxy) is 1. The van der Waals surface area contributed by atoms with Gasteiger partial charge >= 0.3 is 0 Å². The van der Waals surface area contributed by atoms with Crippen LogP contribution in [0.15, 0.2) is 29.8 Å². The Balaban J connectivity index is 1.58. The third kappa shape index (κ3) is 3.17. The number of carbonyl (C=O) groups excluding carboxylic acids is 1. The van der Waals surface area contributed by atoms with Crippen LogP contribution in [0.4, 0.5) is 5.95 Å². The van der Waals surface area contributed by atoms with Gasteiger partial charge < -0.3 is 19.5 Å². The Kier molecular flexibility index (Phi) is 4.60. The summed E-state index contributed by atoms with van der Waals surface area (Å²) >= 11 is 1.53. The van der Waals surface area contributed by atoms with Crippen LogP contribution in [0.25, 0.3) is 11.0 Å². The zero-order chi connectivity index (χ0) is 18.1. The average Bonchev–Trinajstić information content (AvgIpc) is 3.31. The third-order valence-electron chi connectivity index (χ3n) is 4.58. The quantitative estimate of drug-likeness (QED) is 0.762. The Morgan fingerprint density at radius 2 is 2.15 bits per heavy atom. The van der Waals surface area contributed by atoms with Crippen LogP contribution in [0, 0.1) is 0 Å². The molecule has 1 aliphatic heterocycles. The number of benzene rings is 1. The number of hydrogen-bond donors (Lipinski definition) is 1. The molecule has 136 valence electrons. The molecule has 1 saturated heterocycles. The van der Waals surface area contributed by atoms with E-state index in [0.29, 0.717) is 18.8 Å². The summed E-state index contributed by atoms with van der Waals surface area (Å²) in [7, 11) is 2.00. The molecule has 0 radical (unpaired) electrons. The zero-order valence-electron chi connectivity index (χ0n) is 14.8. The molecule has 0 aliphatic carbocycles. The molecule has 1 aliphatic rings. The highest BCUT2D eigenvalue weighted by atomic mass is 32.1. The molecule has 26 heavy (non-hydrogen) atoms. The van der Waals surface area contributed by atoms with Crippen LogP contribution < -0.4 is 10.2 Å². The lowest BCUT2D eigenvalue weighted by Crippen LogP contribution is -2.37. The molecule has 4 rings (SSSR count). The number of aryl methyl sites for hydroxylation is 1. The van der Waals surface area contributed by atoms with Gasteiger partial charge in [0.15, 0.2) is 0 Å². The molecule has 1 amide bonds. The normalized spacial score (nSPS) is 16.0. The molecule has 1 fully saturated rings. The minimum absolute atomic E-state index is 0.117. The molecule has 0 bridgehead atoms. The highest BCUT2D eigenvalue weighted by Gasteiger charge is 2.19. The summed E-state index contributed by atoms with van der Waals surface area (Å²) in [5.41, 5.74) is 2.44. The summed E-state index contributed by atoms with van der Waals surface area (Å²) in [6.07, 6.45) is 1.75. The van der Waals surface area contributed by atoms with E-state index in [-0.39, 0.29) is 11.9 Å². The van der Waals surface area contributed by atoms with E-state index in [1.54, 1.807) is 6.20 Å². The second-order valence-electron chi connectivity index (χ2n) is 6.34. The minimum Gasteiger partial charge on any atom is -0.378 e. The number of amides is 1. The highest BCUT2D eigenvalue weighted by molar-refractivity contribution is 7.09. The van der Waals surface area contributed by atoms with Gasteiger partial charge in [-0.25, -0.2) is 9.97 Å². The van der Waals surface area contributed by atoms with Crippen molar-refractivity contribution in [3.63, 3.8) is 0 Å². The second kappa shape index (κ2) is 7.05. The topological polar surface area (TPSA) is 72.3 Å². The number of imidazole rings is 1. The van der Waals surface area contributed by atoms with Gasteiger partial charge in [0.1, 0.15) is 5.01 Å². The highest BCUT2D eigenvalue weighted by Crippen LogP contribution is 2.23. The lowest BCUT2D eigenvalue weighted by Gasteiger charge is -2.27. The number of nitrogens with zero attached hydrogens (tertiary/aromatic N) is 4. The van der Waals surface area contributed by atoms with Gasteiger partial charge in [0.2, 0.25) is 5.95 Å². The molecule has 0 saturated carbocycles. The van der Waals surface area contributed by atoms with Crippen molar-refractivity contribution < 1.29 is 9.53 Å². The number of hydrogen-bond acceptors (Lipinski definition) is 6. The SMILES string of the molecule is C[C@@H](NC(=O)c1ccc2c(c1)nc(N1CCOCC1)n2C)c1nccs1. The lowest BCUT2D eigenvalue weighted by atomic mass is 10.1. The number of fused-ring (bicyclic) bond motifs is 1. The number of thiazole rings is 1. The Bertz CT molecular complexity index is 915. The molecular weight excluding hydrogens is 350 g/mol. The molecule has 3 aromatic rings. The summed E-state index contributed by atoms with van der Waals surface area (Å²) in [6, 6.07) is 5.53. The number of nitrogens with one attached hydrogen (secondary N) is 1. The maximum Gasteiger partial charge on any atom is 0.251 e. The van der Waals surface area contributed by atoms with Crippen molar-refractivity contribution in [3.8, 4) is 0 Å². The summed E-state index contributed by atoms with van der Waals surface area (Å²) in [5.74, 6) is 0.796. The van der Waals surface area contributed by atoms with Crippen LogP contribution in [-0.4, -0.2) is 46.7 Å². The van der Waals surface area contributed by atoms with Gasteiger partial charge in [0.25, 0.3) is 5.91 Å². The fraction of sp³-hybridized carbons (Fsp3) is 0.389. The van der Waals surface area contributed by atoms with E-state index in [0.717, 1.165) is 35.1 Å². The van der Waals surface area contributed by atoms with Gasteiger partial charge in [-0.2, -0.15) is 0 Å². The number of carbonyl (C=O) groups is 1. The number of morpholine rings is 1. The van der Waals surface area contributed by atoms with Crippen LogP contribution in [0.5, 0.6) is 0 Å². The number of rotatable bonds is 4. The van der Waals surface area contributed by atoms with Crippen molar-refractivity contribution >= 4 is 34.2 Å². The molecule has 2 aromatic heterocycles. The first kappa shape index (κ1) is 17.0. The molecule has 8 heteroatoms. The monoisotopic (exact) mass is 371 g/mol. The molecule has 1 atom stereocenters. The van der Waals surface area contributed by atoms with Gasteiger partial charge in [-0.3, -0.25) is 4.79 Å². The zero-order valence-corrected chi connectivity index (χ0v) is 15.6. The van der Waals surface area contributed by atoms with E-state index < -0.39 is 0 Å². The van der Waals surface area contributed by atoms with Crippen LogP contribution in [0.1, 0.15) is 28.3 Å². The summed E-state index contributed by atoms with van der Waals surface area (Å²) < 4.78 is 7.49. The van der Waals surface area contributed by atoms with E-state index in [4.69, 9.17) is 9.72 Å². The van der Waals surface area contributed by atoms with E-state index in [1.807, 2.05) is 37.6 Å². The van der Waals surface area contributed by atoms with Gasteiger partial charge in [-0.15, -0.1) is 11.3 Å². The summed E-state index contributed by atoms with van der Waals surface area (Å²) in [4.78, 5) is 23.8. The predicted octanol–water partition coefficient (Wildman–Crippen LogP) is 2.36. The summed E-state index contributed by atoms with van der Waals surface area (Å²) in [6.45, 7) is 5.02. The maximum absolute atomic E-state index is 12.6. The average molecular weight is 371 g/mol. The molecule has 1 N–H and O–H groups in total. The van der Waals surface area contributed by atoms with Crippen molar-refractivity contribution in [3.05, 3.63) is 40.3 Å². The van der Waals surface area contributed by atoms with Gasteiger partial charge in [0, 0.05) is 37.3 Å². The molecule has 0 spiro atoms. The van der Waals surface area contributed by atoms with E-state index in [2.05, 4.69) is 19.8 Å². The molecule has 0 unspecified atom stereocenters. The second-order valence-corrected chi connectivity index (χ2v) is 7.27. The fourth-order valence-electron chi connectivity index (χ4n) is 3.16. The first-order chi connectivity index (χ1) is 12.6. The van der Waals surface area contributed by atoms with Crippen LogP contribution in [0.2, 0.25) is 0 Å². The predicted molar refractivity (Wildman–Crippen MR) is 102 cm³/mol. The van der Waals surface area contributed by atoms with E-state index in [9.17, 15) is 4.79 Å². The van der Waals surface area contributed by atoms with Crippen molar-refractivity contribution in [2.75, 3.05) is 31.2 Å².